The molecule has 0 fully saturated rings. The number of nitrogens with one attached hydrogen (secondary N) is 1. The number of aromatic nitrogens is 1. The Balaban J connectivity index is 3.02. The number of hydrogen-bond acceptors (Lipinski definition) is 4. The zero-order chi connectivity index (χ0) is 17.4. The molecule has 1 aromatic heterocycles. The molecule has 0 atom stereocenters. The standard InChI is InChI=1S/C14H8F3N3O3/c1-7-5-8(9(6-18)13(21)19-7)12-10(14(15,16)17)3-2-4-11(12)20(22)23/h2-5H,1H3,(H,19,21). The van der Waals surface area contributed by atoms with E-state index in [0.717, 1.165) is 18.2 Å². The predicted octanol–water partition coefficient (Wildman–Crippen LogP) is 3.15. The molecule has 9 heteroatoms. The molecule has 1 aromatic carbocycles. The molecule has 2 rings (SSSR count). The van der Waals surface area contributed by atoms with Gasteiger partial charge in [-0.05, 0) is 19.1 Å². The lowest BCUT2D eigenvalue weighted by Gasteiger charge is -2.14. The summed E-state index contributed by atoms with van der Waals surface area (Å²) in [4.78, 5) is 24.2. The first kappa shape index (κ1) is 16.2. The largest absolute Gasteiger partial charge is 0.417 e. The number of aromatic amines is 1. The van der Waals surface area contributed by atoms with Crippen LogP contribution in [0.5, 0.6) is 0 Å². The number of nitrogens with zero attached hydrogens (tertiary/aromatic N) is 2. The lowest BCUT2D eigenvalue weighted by molar-refractivity contribution is -0.384. The molecule has 23 heavy (non-hydrogen) atoms. The Morgan fingerprint density at radius 3 is 2.52 bits per heavy atom. The van der Waals surface area contributed by atoms with Crippen molar-refractivity contribution in [3.8, 4) is 17.2 Å². The lowest BCUT2D eigenvalue weighted by Crippen LogP contribution is -2.15. The van der Waals surface area contributed by atoms with Crippen LogP contribution >= 0.6 is 0 Å². The number of nitriles is 1. The molecule has 6 nitrogen and oxygen atoms in total. The van der Waals surface area contributed by atoms with E-state index in [1.165, 1.54) is 13.0 Å². The molecule has 0 radical (unpaired) electrons. The maximum atomic E-state index is 13.2. The Morgan fingerprint density at radius 2 is 2.00 bits per heavy atom. The Morgan fingerprint density at radius 1 is 1.35 bits per heavy atom. The maximum absolute atomic E-state index is 13.2. The summed E-state index contributed by atoms with van der Waals surface area (Å²) in [6.45, 7) is 1.40. The third-order valence-electron chi connectivity index (χ3n) is 3.09. The number of benzene rings is 1. The van der Waals surface area contributed by atoms with Gasteiger partial charge in [0.2, 0.25) is 0 Å². The van der Waals surface area contributed by atoms with E-state index >= 15 is 0 Å². The average molecular weight is 323 g/mol. The van der Waals surface area contributed by atoms with Crippen molar-refractivity contribution in [2.45, 2.75) is 13.1 Å². The molecule has 0 spiro atoms. The highest BCUT2D eigenvalue weighted by Crippen LogP contribution is 2.42. The Bertz CT molecular complexity index is 895. The Labute approximate surface area is 127 Å². The third kappa shape index (κ3) is 2.91. The van der Waals surface area contributed by atoms with E-state index in [9.17, 15) is 28.1 Å². The van der Waals surface area contributed by atoms with Crippen molar-refractivity contribution in [1.29, 1.82) is 5.26 Å². The van der Waals surface area contributed by atoms with Crippen molar-refractivity contribution >= 4 is 5.69 Å². The first-order valence-electron chi connectivity index (χ1n) is 6.15. The molecule has 1 heterocycles. The minimum absolute atomic E-state index is 0.176. The van der Waals surface area contributed by atoms with Crippen molar-refractivity contribution in [2.75, 3.05) is 0 Å². The van der Waals surface area contributed by atoms with Gasteiger partial charge in [-0.1, -0.05) is 6.07 Å². The van der Waals surface area contributed by atoms with Gasteiger partial charge in [0.1, 0.15) is 11.6 Å². The molecular formula is C14H8F3N3O3. The summed E-state index contributed by atoms with van der Waals surface area (Å²) in [5, 5.41) is 20.2. The fourth-order valence-corrected chi connectivity index (χ4v) is 2.21. The molecule has 0 bridgehead atoms. The zero-order valence-corrected chi connectivity index (χ0v) is 11.6. The number of halogens is 3. The van der Waals surface area contributed by atoms with Crippen LogP contribution in [-0.2, 0) is 6.18 Å². The molecule has 0 aliphatic carbocycles. The fraction of sp³-hybridized carbons (Fsp3) is 0.143. The van der Waals surface area contributed by atoms with Gasteiger partial charge >= 0.3 is 6.18 Å². The van der Waals surface area contributed by atoms with Gasteiger partial charge in [0.15, 0.2) is 0 Å². The first-order valence-corrected chi connectivity index (χ1v) is 6.15. The number of aryl methyl sites for hydroxylation is 1. The van der Waals surface area contributed by atoms with Crippen LogP contribution in [0.25, 0.3) is 11.1 Å². The fourth-order valence-electron chi connectivity index (χ4n) is 2.21. The lowest BCUT2D eigenvalue weighted by atomic mass is 9.94. The number of pyridine rings is 1. The smallest absolute Gasteiger partial charge is 0.325 e. The van der Waals surface area contributed by atoms with Crippen LogP contribution in [0.2, 0.25) is 0 Å². The Kier molecular flexibility index (Phi) is 3.93. The number of rotatable bonds is 2. The molecule has 0 unspecified atom stereocenters. The van der Waals surface area contributed by atoms with Crippen molar-refractivity contribution in [3.05, 3.63) is 61.6 Å². The Hall–Kier alpha value is -3.15. The molecule has 1 N–H and O–H groups in total. The first-order chi connectivity index (χ1) is 10.7. The van der Waals surface area contributed by atoms with Gasteiger partial charge in [0.25, 0.3) is 11.2 Å². The molecule has 0 saturated carbocycles. The van der Waals surface area contributed by atoms with Crippen LogP contribution in [0.4, 0.5) is 18.9 Å². The second-order valence-corrected chi connectivity index (χ2v) is 4.64. The molecule has 118 valence electrons. The second kappa shape index (κ2) is 5.57. The average Bonchev–Trinajstić information content (AvgIpc) is 2.44. The van der Waals surface area contributed by atoms with Crippen LogP contribution in [0.15, 0.2) is 29.1 Å². The third-order valence-corrected chi connectivity index (χ3v) is 3.09. The number of nitro benzene ring substituents is 1. The van der Waals surface area contributed by atoms with E-state index in [2.05, 4.69) is 4.98 Å². The monoisotopic (exact) mass is 323 g/mol. The number of nitro groups is 1. The van der Waals surface area contributed by atoms with Crippen LogP contribution in [0.3, 0.4) is 0 Å². The quantitative estimate of drug-likeness (QED) is 0.677. The number of H-pyrrole nitrogens is 1. The van der Waals surface area contributed by atoms with Crippen LogP contribution in [0, 0.1) is 28.4 Å². The summed E-state index contributed by atoms with van der Waals surface area (Å²) in [5.41, 5.74) is -4.68. The van der Waals surface area contributed by atoms with E-state index in [-0.39, 0.29) is 5.69 Å². The SMILES string of the molecule is Cc1cc(-c2c([N+](=O)[O-])cccc2C(F)(F)F)c(C#N)c(=O)[nH]1. The summed E-state index contributed by atoms with van der Waals surface area (Å²) in [6, 6.07) is 5.07. The van der Waals surface area contributed by atoms with Crippen molar-refractivity contribution in [3.63, 3.8) is 0 Å². The summed E-state index contributed by atoms with van der Waals surface area (Å²) < 4.78 is 39.7. The van der Waals surface area contributed by atoms with Gasteiger partial charge in [-0.15, -0.1) is 0 Å². The summed E-state index contributed by atoms with van der Waals surface area (Å²) in [5.74, 6) is 0. The summed E-state index contributed by atoms with van der Waals surface area (Å²) >= 11 is 0. The number of hydrogen-bond donors (Lipinski definition) is 1. The van der Waals surface area contributed by atoms with E-state index in [1.54, 1.807) is 0 Å². The van der Waals surface area contributed by atoms with E-state index in [1.807, 2.05) is 0 Å². The molecule has 0 aliphatic rings. The minimum atomic E-state index is -4.88. The van der Waals surface area contributed by atoms with E-state index < -0.39 is 44.6 Å². The topological polar surface area (TPSA) is 99.8 Å². The van der Waals surface area contributed by atoms with Gasteiger partial charge in [0, 0.05) is 17.3 Å². The summed E-state index contributed by atoms with van der Waals surface area (Å²) in [7, 11) is 0. The van der Waals surface area contributed by atoms with Crippen LogP contribution in [-0.4, -0.2) is 9.91 Å². The van der Waals surface area contributed by atoms with Gasteiger partial charge < -0.3 is 4.98 Å². The maximum Gasteiger partial charge on any atom is 0.417 e. The summed E-state index contributed by atoms with van der Waals surface area (Å²) in [6.07, 6.45) is -4.88. The molecular weight excluding hydrogens is 315 g/mol. The molecule has 2 aromatic rings. The van der Waals surface area contributed by atoms with E-state index in [0.29, 0.717) is 6.07 Å². The molecule has 0 amide bonds. The van der Waals surface area contributed by atoms with E-state index in [4.69, 9.17) is 5.26 Å². The van der Waals surface area contributed by atoms with Crippen molar-refractivity contribution in [1.82, 2.24) is 4.98 Å². The van der Waals surface area contributed by atoms with Crippen LogP contribution < -0.4 is 5.56 Å². The van der Waals surface area contributed by atoms with Gasteiger partial charge in [-0.25, -0.2) is 0 Å². The molecule has 0 saturated heterocycles. The van der Waals surface area contributed by atoms with Crippen molar-refractivity contribution < 1.29 is 18.1 Å². The zero-order valence-electron chi connectivity index (χ0n) is 11.6. The molecule has 0 aliphatic heterocycles. The van der Waals surface area contributed by atoms with Crippen molar-refractivity contribution in [2.24, 2.45) is 0 Å². The normalized spacial score (nSPS) is 11.1. The van der Waals surface area contributed by atoms with Gasteiger partial charge in [0.05, 0.1) is 16.1 Å². The minimum Gasteiger partial charge on any atom is -0.325 e. The highest BCUT2D eigenvalue weighted by Gasteiger charge is 2.38. The second-order valence-electron chi connectivity index (χ2n) is 4.64. The number of alkyl halides is 3. The van der Waals surface area contributed by atoms with Crippen LogP contribution in [0.1, 0.15) is 16.8 Å². The van der Waals surface area contributed by atoms with Gasteiger partial charge in [-0.2, -0.15) is 18.4 Å². The highest BCUT2D eigenvalue weighted by molar-refractivity contribution is 5.81. The highest BCUT2D eigenvalue weighted by atomic mass is 19.4. The predicted molar refractivity (Wildman–Crippen MR) is 73.6 cm³/mol. The van der Waals surface area contributed by atoms with Gasteiger partial charge in [-0.3, -0.25) is 14.9 Å².